The molecule has 4 aromatic rings. The number of fused-ring (bicyclic) bond motifs is 1. The van der Waals surface area contributed by atoms with E-state index in [1.54, 1.807) is 13.1 Å². The zero-order chi connectivity index (χ0) is 40.5. The second-order valence-corrected chi connectivity index (χ2v) is 16.6. The number of halogens is 3. The minimum absolute atomic E-state index is 0.196. The van der Waals surface area contributed by atoms with Gasteiger partial charge in [0.1, 0.15) is 6.54 Å². The zero-order valence-electron chi connectivity index (χ0n) is 34.1. The number of piperazine rings is 1. The molecule has 4 N–H and O–H groups in total. The molecule has 6 rings (SSSR count). The van der Waals surface area contributed by atoms with Crippen molar-refractivity contribution in [1.82, 2.24) is 25.3 Å². The summed E-state index contributed by atoms with van der Waals surface area (Å²) in [6.45, 7) is 17.1. The average Bonchev–Trinajstić information content (AvgIpc) is 3.97. The van der Waals surface area contributed by atoms with Gasteiger partial charge in [-0.1, -0.05) is 70.5 Å². The van der Waals surface area contributed by atoms with E-state index in [1.807, 2.05) is 25.3 Å². The van der Waals surface area contributed by atoms with Crippen LogP contribution in [0.15, 0.2) is 67.5 Å². The van der Waals surface area contributed by atoms with E-state index in [-0.39, 0.29) is 5.41 Å². The van der Waals surface area contributed by atoms with Gasteiger partial charge in [0.25, 0.3) is 0 Å². The SMILES string of the molecule is C#CC.C=CNNCCCCCCc1cccc(-c2ccc3c(c2)c(CC(C)(C)C)c(-c2cc(N4CCN(C5CC5)CC4)cnc2C(C)N)n3CC(F)(F)F)c1. The van der Waals surface area contributed by atoms with Crippen molar-refractivity contribution in [2.45, 2.75) is 111 Å². The molecule has 1 saturated heterocycles. The predicted molar refractivity (Wildman–Crippen MR) is 227 cm³/mol. The zero-order valence-corrected chi connectivity index (χ0v) is 34.1. The van der Waals surface area contributed by atoms with Crippen LogP contribution >= 0.6 is 0 Å². The number of alkyl halides is 3. The fourth-order valence-corrected chi connectivity index (χ4v) is 7.89. The Morgan fingerprint density at radius 3 is 2.34 bits per heavy atom. The standard InChI is InChI=1S/C43H58F3N7.C3H4/c1-6-49-50-19-10-8-7-9-12-31-13-11-14-32(24-31)33-15-18-39-36(25-33)38(27-42(3,4)5)41(53(39)29-43(44,45)46)37-26-35(28-48-40(37)30(2)47)52-22-20-51(21-23-52)34-16-17-34;1-3-2/h6,11,13-15,18,24-26,28,30,34,49-50H,1,7-10,12,16-17,19-23,27,29,47H2,2-5H3;1H,2H3. The van der Waals surface area contributed by atoms with Crippen LogP contribution in [0.1, 0.15) is 96.0 Å². The van der Waals surface area contributed by atoms with E-state index in [1.165, 1.54) is 23.0 Å². The average molecular weight is 770 g/mol. The number of unbranched alkanes of at least 4 members (excludes halogenated alkanes) is 3. The summed E-state index contributed by atoms with van der Waals surface area (Å²) in [5.41, 5.74) is 20.0. The quantitative estimate of drug-likeness (QED) is 0.0599. The molecule has 0 radical (unpaired) electrons. The molecule has 1 saturated carbocycles. The number of rotatable bonds is 16. The second kappa shape index (κ2) is 19.2. The first kappa shape index (κ1) is 42.8. The summed E-state index contributed by atoms with van der Waals surface area (Å²) in [7, 11) is 0. The van der Waals surface area contributed by atoms with Gasteiger partial charge in [0.2, 0.25) is 0 Å². The van der Waals surface area contributed by atoms with Gasteiger partial charge in [-0.2, -0.15) is 13.2 Å². The third-order valence-electron chi connectivity index (χ3n) is 10.5. The Hall–Kier alpha value is -4.30. The van der Waals surface area contributed by atoms with Gasteiger partial charge in [0, 0.05) is 67.5 Å². The summed E-state index contributed by atoms with van der Waals surface area (Å²) < 4.78 is 45.2. The molecule has 56 heavy (non-hydrogen) atoms. The van der Waals surface area contributed by atoms with E-state index in [0.29, 0.717) is 34.9 Å². The summed E-state index contributed by atoms with van der Waals surface area (Å²) in [5, 5.41) is 0.848. The first-order valence-corrected chi connectivity index (χ1v) is 20.3. The number of aromatic nitrogens is 2. The smallest absolute Gasteiger partial charge is 0.368 e. The lowest BCUT2D eigenvalue weighted by molar-refractivity contribution is -0.139. The number of nitrogens with two attached hydrogens (primary N) is 1. The van der Waals surface area contributed by atoms with Gasteiger partial charge in [0.15, 0.2) is 0 Å². The molecular formula is C46H62F3N7. The fraction of sp³-hybridized carbons (Fsp3) is 0.500. The highest BCUT2D eigenvalue weighted by Crippen LogP contribution is 2.43. The van der Waals surface area contributed by atoms with Gasteiger partial charge in [-0.15, -0.1) is 12.3 Å². The molecule has 10 heteroatoms. The molecule has 302 valence electrons. The largest absolute Gasteiger partial charge is 0.406 e. The molecule has 0 amide bonds. The summed E-state index contributed by atoms with van der Waals surface area (Å²) >= 11 is 0. The van der Waals surface area contributed by atoms with Crippen molar-refractivity contribution < 1.29 is 13.2 Å². The molecule has 0 bridgehead atoms. The normalized spacial score (nSPS) is 15.6. The van der Waals surface area contributed by atoms with Crippen molar-refractivity contribution in [2.75, 3.05) is 37.6 Å². The van der Waals surface area contributed by atoms with Gasteiger partial charge in [0.05, 0.1) is 23.3 Å². The highest BCUT2D eigenvalue weighted by Gasteiger charge is 2.35. The van der Waals surface area contributed by atoms with Crippen molar-refractivity contribution in [3.63, 3.8) is 0 Å². The number of aryl methyl sites for hydroxylation is 1. The molecule has 1 atom stereocenters. The Morgan fingerprint density at radius 2 is 1.70 bits per heavy atom. The summed E-state index contributed by atoms with van der Waals surface area (Å²) in [6.07, 6.45) is 12.3. The van der Waals surface area contributed by atoms with Crippen molar-refractivity contribution in [3.8, 4) is 34.7 Å². The summed E-state index contributed by atoms with van der Waals surface area (Å²) in [6, 6.07) is 16.9. The molecule has 1 aliphatic heterocycles. The second-order valence-electron chi connectivity index (χ2n) is 16.6. The van der Waals surface area contributed by atoms with E-state index in [2.05, 4.69) is 96.7 Å². The molecule has 2 fully saturated rings. The van der Waals surface area contributed by atoms with Gasteiger partial charge < -0.3 is 20.6 Å². The first-order valence-electron chi connectivity index (χ1n) is 20.3. The van der Waals surface area contributed by atoms with E-state index >= 15 is 0 Å². The van der Waals surface area contributed by atoms with Crippen LogP contribution in [0.25, 0.3) is 33.3 Å². The van der Waals surface area contributed by atoms with Crippen LogP contribution in [-0.2, 0) is 19.4 Å². The van der Waals surface area contributed by atoms with Gasteiger partial charge >= 0.3 is 6.18 Å². The number of hydrazine groups is 1. The lowest BCUT2D eigenvalue weighted by atomic mass is 9.85. The number of terminal acetylenes is 1. The third-order valence-corrected chi connectivity index (χ3v) is 10.5. The number of pyridine rings is 1. The molecule has 3 heterocycles. The van der Waals surface area contributed by atoms with Crippen LogP contribution in [0.4, 0.5) is 18.9 Å². The third kappa shape index (κ3) is 11.6. The van der Waals surface area contributed by atoms with Gasteiger partial charge in [-0.05, 0) is 98.2 Å². The molecule has 1 unspecified atom stereocenters. The van der Waals surface area contributed by atoms with Gasteiger partial charge in [-0.25, -0.2) is 5.43 Å². The maximum atomic E-state index is 14.6. The van der Waals surface area contributed by atoms with Crippen LogP contribution in [0.5, 0.6) is 0 Å². The molecule has 2 aliphatic rings. The molecule has 0 spiro atoms. The fourth-order valence-electron chi connectivity index (χ4n) is 7.89. The Labute approximate surface area is 332 Å². The predicted octanol–water partition coefficient (Wildman–Crippen LogP) is 9.81. The van der Waals surface area contributed by atoms with E-state index in [0.717, 1.165) is 92.6 Å². The molecule has 1 aliphatic carbocycles. The highest BCUT2D eigenvalue weighted by molar-refractivity contribution is 5.95. The Bertz CT molecular complexity index is 1940. The highest BCUT2D eigenvalue weighted by atomic mass is 19.4. The van der Waals surface area contributed by atoms with Crippen molar-refractivity contribution in [1.29, 1.82) is 0 Å². The van der Waals surface area contributed by atoms with Crippen LogP contribution in [0.2, 0.25) is 0 Å². The van der Waals surface area contributed by atoms with Crippen LogP contribution in [0.3, 0.4) is 0 Å². The first-order chi connectivity index (χ1) is 26.7. The van der Waals surface area contributed by atoms with E-state index in [9.17, 15) is 13.2 Å². The minimum Gasteiger partial charge on any atom is -0.368 e. The van der Waals surface area contributed by atoms with E-state index in [4.69, 9.17) is 10.7 Å². The number of hydrogen-bond acceptors (Lipinski definition) is 6. The number of anilines is 1. The van der Waals surface area contributed by atoms with Crippen molar-refractivity contribution in [2.24, 2.45) is 11.1 Å². The Morgan fingerprint density at radius 1 is 1.00 bits per heavy atom. The molecule has 2 aromatic carbocycles. The lowest BCUT2D eigenvalue weighted by Gasteiger charge is -2.36. The maximum absolute atomic E-state index is 14.6. The topological polar surface area (TPSA) is 74.4 Å². The number of benzene rings is 2. The van der Waals surface area contributed by atoms with Crippen molar-refractivity contribution >= 4 is 16.6 Å². The minimum atomic E-state index is -4.43. The Kier molecular flexibility index (Phi) is 14.7. The van der Waals surface area contributed by atoms with E-state index < -0.39 is 18.8 Å². The van der Waals surface area contributed by atoms with Gasteiger partial charge in [-0.3, -0.25) is 9.88 Å². The lowest BCUT2D eigenvalue weighted by Crippen LogP contribution is -2.47. The molecular weight excluding hydrogens is 708 g/mol. The maximum Gasteiger partial charge on any atom is 0.406 e. The molecule has 7 nitrogen and oxygen atoms in total. The summed E-state index contributed by atoms with van der Waals surface area (Å²) in [5.74, 6) is 2.25. The summed E-state index contributed by atoms with van der Waals surface area (Å²) in [4.78, 5) is 9.77. The number of nitrogens with zero attached hydrogens (tertiary/aromatic N) is 4. The Balaban J connectivity index is 0.00000194. The number of hydrogen-bond donors (Lipinski definition) is 3. The van der Waals surface area contributed by atoms with Crippen molar-refractivity contribution in [3.05, 3.63) is 84.3 Å². The van der Waals surface area contributed by atoms with Crippen LogP contribution in [0, 0.1) is 17.8 Å². The number of nitrogens with one attached hydrogen (secondary N) is 2. The van der Waals surface area contributed by atoms with Crippen LogP contribution in [-0.4, -0.2) is 59.4 Å². The monoisotopic (exact) mass is 770 g/mol. The molecule has 2 aromatic heterocycles. The van der Waals surface area contributed by atoms with Crippen LogP contribution < -0.4 is 21.5 Å².